The van der Waals surface area contributed by atoms with Gasteiger partial charge in [-0.25, -0.2) is 0 Å². The minimum Gasteiger partial charge on any atom is -0.465 e. The van der Waals surface area contributed by atoms with Gasteiger partial charge in [0, 0.05) is 18.4 Å². The van der Waals surface area contributed by atoms with Gasteiger partial charge in [-0.05, 0) is 59.3 Å². The number of amides is 1. The van der Waals surface area contributed by atoms with E-state index in [-0.39, 0.29) is 53.2 Å². The summed E-state index contributed by atoms with van der Waals surface area (Å²) in [6.07, 6.45) is 6.40. The Labute approximate surface area is 155 Å². The van der Waals surface area contributed by atoms with Gasteiger partial charge >= 0.3 is 5.97 Å². The molecular formula is C20H31NO5. The van der Waals surface area contributed by atoms with Crippen LogP contribution in [0.3, 0.4) is 0 Å². The molecular weight excluding hydrogens is 334 g/mol. The van der Waals surface area contributed by atoms with Crippen molar-refractivity contribution in [1.29, 1.82) is 0 Å². The fraction of sp³-hybridized carbons (Fsp3) is 0.900. The second-order valence-corrected chi connectivity index (χ2v) is 9.15. The number of fused-ring (bicyclic) bond motifs is 2. The van der Waals surface area contributed by atoms with Crippen LogP contribution in [0.25, 0.3) is 0 Å². The normalized spacial score (nSPS) is 44.3. The summed E-state index contributed by atoms with van der Waals surface area (Å²) in [7, 11) is 0. The zero-order valence-corrected chi connectivity index (χ0v) is 16.1. The second kappa shape index (κ2) is 6.48. The van der Waals surface area contributed by atoms with Crippen molar-refractivity contribution in [2.75, 3.05) is 6.61 Å². The lowest BCUT2D eigenvalue weighted by Crippen LogP contribution is -2.40. The second-order valence-electron chi connectivity index (χ2n) is 9.15. The third-order valence-electron chi connectivity index (χ3n) is 6.93. The van der Waals surface area contributed by atoms with E-state index in [0.29, 0.717) is 13.0 Å². The summed E-state index contributed by atoms with van der Waals surface area (Å²) in [5.74, 6) is 0.0172. The highest BCUT2D eigenvalue weighted by molar-refractivity contribution is 5.79. The van der Waals surface area contributed by atoms with Crippen molar-refractivity contribution < 1.29 is 23.8 Å². The summed E-state index contributed by atoms with van der Waals surface area (Å²) in [6.45, 7) is 6.57. The molecule has 1 N–H and O–H groups in total. The van der Waals surface area contributed by atoms with Gasteiger partial charge in [-0.1, -0.05) is 0 Å². The fourth-order valence-electron chi connectivity index (χ4n) is 4.63. The van der Waals surface area contributed by atoms with Crippen molar-refractivity contribution >= 4 is 11.9 Å². The lowest BCUT2D eigenvalue weighted by atomic mass is 9.82. The molecule has 2 heterocycles. The minimum absolute atomic E-state index is 0.00476. The number of nitrogens with one attached hydrogen (secondary N) is 1. The van der Waals surface area contributed by atoms with Gasteiger partial charge in [-0.15, -0.1) is 0 Å². The molecule has 1 amide bonds. The van der Waals surface area contributed by atoms with Gasteiger partial charge in [-0.2, -0.15) is 0 Å². The maximum Gasteiger partial charge on any atom is 0.309 e. The molecule has 2 aliphatic heterocycles. The zero-order chi connectivity index (χ0) is 18.5. The average molecular weight is 365 g/mol. The van der Waals surface area contributed by atoms with Crippen LogP contribution in [0.2, 0.25) is 0 Å². The molecule has 0 aromatic heterocycles. The maximum absolute atomic E-state index is 12.4. The number of rotatable bonds is 6. The van der Waals surface area contributed by atoms with Crippen LogP contribution in [0, 0.1) is 11.8 Å². The van der Waals surface area contributed by atoms with Gasteiger partial charge in [0.15, 0.2) is 0 Å². The van der Waals surface area contributed by atoms with Gasteiger partial charge in [-0.3, -0.25) is 9.59 Å². The molecule has 7 unspecified atom stereocenters. The van der Waals surface area contributed by atoms with E-state index in [2.05, 4.69) is 19.2 Å². The summed E-state index contributed by atoms with van der Waals surface area (Å²) in [6, 6.07) is 0.00476. The van der Waals surface area contributed by atoms with E-state index < -0.39 is 0 Å². The van der Waals surface area contributed by atoms with Crippen LogP contribution in [0.4, 0.5) is 0 Å². The molecule has 146 valence electrons. The van der Waals surface area contributed by atoms with E-state index in [1.807, 2.05) is 6.92 Å². The molecule has 4 aliphatic rings. The van der Waals surface area contributed by atoms with Crippen molar-refractivity contribution in [3.63, 3.8) is 0 Å². The summed E-state index contributed by atoms with van der Waals surface area (Å²) in [4.78, 5) is 24.6. The van der Waals surface area contributed by atoms with E-state index in [0.717, 1.165) is 38.5 Å². The molecule has 2 aliphatic carbocycles. The Morgan fingerprint density at radius 2 is 1.65 bits per heavy atom. The first-order chi connectivity index (χ1) is 12.3. The number of hydrogen-bond acceptors (Lipinski definition) is 5. The molecule has 2 saturated heterocycles. The first-order valence-corrected chi connectivity index (χ1v) is 10.1. The topological polar surface area (TPSA) is 80.5 Å². The SMILES string of the molecule is CC(CCOC(=O)C1CCC2(C)OC2C1)NC(=O)C1CCC2(C)OC2C1. The predicted octanol–water partition coefficient (Wildman–Crippen LogP) is 2.34. The largest absolute Gasteiger partial charge is 0.465 e. The van der Waals surface area contributed by atoms with E-state index in [1.54, 1.807) is 0 Å². The summed E-state index contributed by atoms with van der Waals surface area (Å²) < 4.78 is 16.8. The minimum atomic E-state index is -0.112. The van der Waals surface area contributed by atoms with Crippen LogP contribution < -0.4 is 5.32 Å². The molecule has 6 heteroatoms. The van der Waals surface area contributed by atoms with E-state index in [1.165, 1.54) is 0 Å². The highest BCUT2D eigenvalue weighted by Crippen LogP contribution is 2.50. The Morgan fingerprint density at radius 3 is 2.27 bits per heavy atom. The van der Waals surface area contributed by atoms with Crippen molar-refractivity contribution in [3.05, 3.63) is 0 Å². The smallest absolute Gasteiger partial charge is 0.309 e. The molecule has 26 heavy (non-hydrogen) atoms. The van der Waals surface area contributed by atoms with Crippen molar-refractivity contribution in [1.82, 2.24) is 5.32 Å². The molecule has 0 radical (unpaired) electrons. The third kappa shape index (κ3) is 3.63. The van der Waals surface area contributed by atoms with Crippen molar-refractivity contribution in [2.24, 2.45) is 11.8 Å². The van der Waals surface area contributed by atoms with Gasteiger partial charge in [0.1, 0.15) is 0 Å². The number of epoxide rings is 2. The van der Waals surface area contributed by atoms with Gasteiger partial charge in [0.05, 0.1) is 35.9 Å². The highest BCUT2D eigenvalue weighted by Gasteiger charge is 2.57. The van der Waals surface area contributed by atoms with Crippen LogP contribution in [-0.2, 0) is 23.8 Å². The number of ether oxygens (including phenoxy) is 3. The first kappa shape index (κ1) is 18.2. The number of carbonyl (C=O) groups excluding carboxylic acids is 2. The van der Waals surface area contributed by atoms with Gasteiger partial charge < -0.3 is 19.5 Å². The highest BCUT2D eigenvalue weighted by atomic mass is 16.6. The molecule has 0 spiro atoms. The fourth-order valence-corrected chi connectivity index (χ4v) is 4.63. The Bertz CT molecular complexity index is 595. The number of carbonyl (C=O) groups is 2. The van der Waals surface area contributed by atoms with E-state index in [9.17, 15) is 9.59 Å². The van der Waals surface area contributed by atoms with Crippen molar-refractivity contribution in [2.45, 2.75) is 95.2 Å². The van der Waals surface area contributed by atoms with E-state index in [4.69, 9.17) is 14.2 Å². The van der Waals surface area contributed by atoms with E-state index >= 15 is 0 Å². The lowest BCUT2D eigenvalue weighted by molar-refractivity contribution is -0.149. The Kier molecular flexibility index (Phi) is 4.55. The third-order valence-corrected chi connectivity index (χ3v) is 6.93. The monoisotopic (exact) mass is 365 g/mol. The van der Waals surface area contributed by atoms with Gasteiger partial charge in [0.2, 0.25) is 5.91 Å². The number of esters is 1. The van der Waals surface area contributed by atoms with Crippen LogP contribution in [-0.4, -0.2) is 47.9 Å². The summed E-state index contributed by atoms with van der Waals surface area (Å²) in [5.41, 5.74) is 0.0658. The molecule has 6 nitrogen and oxygen atoms in total. The van der Waals surface area contributed by atoms with Crippen LogP contribution in [0.5, 0.6) is 0 Å². The Morgan fingerprint density at radius 1 is 1.08 bits per heavy atom. The molecule has 0 bridgehead atoms. The van der Waals surface area contributed by atoms with Crippen LogP contribution in [0.1, 0.15) is 65.7 Å². The summed E-state index contributed by atoms with van der Waals surface area (Å²) in [5, 5.41) is 3.07. The van der Waals surface area contributed by atoms with Crippen molar-refractivity contribution in [3.8, 4) is 0 Å². The molecule has 0 aromatic carbocycles. The van der Waals surface area contributed by atoms with Gasteiger partial charge in [0.25, 0.3) is 0 Å². The molecule has 4 fully saturated rings. The summed E-state index contributed by atoms with van der Waals surface area (Å²) >= 11 is 0. The van der Waals surface area contributed by atoms with Crippen LogP contribution >= 0.6 is 0 Å². The maximum atomic E-state index is 12.4. The lowest BCUT2D eigenvalue weighted by Gasteiger charge is -2.24. The van der Waals surface area contributed by atoms with Crippen LogP contribution in [0.15, 0.2) is 0 Å². The first-order valence-electron chi connectivity index (χ1n) is 10.1. The molecule has 2 saturated carbocycles. The Hall–Kier alpha value is -1.14. The molecule has 7 atom stereocenters. The average Bonchev–Trinajstić information content (AvgIpc) is 3.45. The number of hydrogen-bond donors (Lipinski definition) is 1. The Balaban J connectivity index is 1.12. The molecule has 4 rings (SSSR count). The predicted molar refractivity (Wildman–Crippen MR) is 94.4 cm³/mol. The quantitative estimate of drug-likeness (QED) is 0.577. The zero-order valence-electron chi connectivity index (χ0n) is 16.1. The standard InChI is InChI=1S/C20H31NO5/c1-12(21-17(22)13-4-7-19(2)15(10-13)25-19)6-9-24-18(23)14-5-8-20(3)16(11-14)26-20/h12-16H,4-11H2,1-3H3,(H,21,22). The molecule has 0 aromatic rings.